The van der Waals surface area contributed by atoms with Crippen LogP contribution in [0.2, 0.25) is 0 Å². The maximum Gasteiger partial charge on any atom is 0.250 e. The van der Waals surface area contributed by atoms with Crippen LogP contribution in [0.1, 0.15) is 24.5 Å². The second-order valence-corrected chi connectivity index (χ2v) is 5.08. The number of ether oxygens (including phenoxy) is 1. The summed E-state index contributed by atoms with van der Waals surface area (Å²) in [6, 6.07) is 6.22. The molecule has 1 amide bonds. The van der Waals surface area contributed by atoms with Crippen LogP contribution < -0.4 is 4.74 Å². The first kappa shape index (κ1) is 13.9. The van der Waals surface area contributed by atoms with E-state index in [0.717, 1.165) is 31.6 Å². The molecule has 19 heavy (non-hydrogen) atoms. The van der Waals surface area contributed by atoms with Gasteiger partial charge in [-0.25, -0.2) is 0 Å². The number of nitrogens with zero attached hydrogens (tertiary/aromatic N) is 1. The molecule has 0 bridgehead atoms. The minimum atomic E-state index is -0.929. The Morgan fingerprint density at radius 2 is 2.32 bits per heavy atom. The highest BCUT2D eigenvalue weighted by Crippen LogP contribution is 2.25. The van der Waals surface area contributed by atoms with E-state index in [1.807, 2.05) is 12.1 Å². The fraction of sp³-hybridized carbons (Fsp3) is 0.533. The van der Waals surface area contributed by atoms with Crippen LogP contribution in [0.5, 0.6) is 5.75 Å². The van der Waals surface area contributed by atoms with Gasteiger partial charge in [0.05, 0.1) is 6.61 Å². The summed E-state index contributed by atoms with van der Waals surface area (Å²) >= 11 is 0. The summed E-state index contributed by atoms with van der Waals surface area (Å²) in [6.45, 7) is 2.91. The molecule has 4 nitrogen and oxygen atoms in total. The van der Waals surface area contributed by atoms with Gasteiger partial charge in [-0.2, -0.15) is 0 Å². The number of amides is 1. The Morgan fingerprint density at radius 1 is 1.53 bits per heavy atom. The van der Waals surface area contributed by atoms with Crippen molar-refractivity contribution in [2.45, 2.75) is 32.3 Å². The number of aliphatic hydroxyl groups is 1. The van der Waals surface area contributed by atoms with E-state index in [0.29, 0.717) is 6.54 Å². The molecule has 0 fully saturated rings. The van der Waals surface area contributed by atoms with Crippen molar-refractivity contribution >= 4 is 5.91 Å². The van der Waals surface area contributed by atoms with Gasteiger partial charge in [0, 0.05) is 13.6 Å². The SMILES string of the molecule is CC(O)C(=O)N(C)CCc1ccc2c(c1)CCCO2. The smallest absolute Gasteiger partial charge is 0.250 e. The van der Waals surface area contributed by atoms with Gasteiger partial charge in [0.1, 0.15) is 11.9 Å². The average Bonchev–Trinajstić information content (AvgIpc) is 2.43. The van der Waals surface area contributed by atoms with E-state index < -0.39 is 6.10 Å². The zero-order chi connectivity index (χ0) is 13.8. The van der Waals surface area contributed by atoms with Crippen LogP contribution >= 0.6 is 0 Å². The summed E-state index contributed by atoms with van der Waals surface area (Å²) in [7, 11) is 1.72. The van der Waals surface area contributed by atoms with Crippen LogP contribution in [0.3, 0.4) is 0 Å². The van der Waals surface area contributed by atoms with E-state index in [9.17, 15) is 9.90 Å². The van der Waals surface area contributed by atoms with Crippen LogP contribution in [-0.2, 0) is 17.6 Å². The average molecular weight is 263 g/mol. The number of aliphatic hydroxyl groups excluding tert-OH is 1. The zero-order valence-corrected chi connectivity index (χ0v) is 11.6. The molecule has 0 radical (unpaired) electrons. The Morgan fingerprint density at radius 3 is 3.05 bits per heavy atom. The van der Waals surface area contributed by atoms with Crippen LogP contribution in [0, 0.1) is 0 Å². The number of carbonyl (C=O) groups excluding carboxylic acids is 1. The Labute approximate surface area is 114 Å². The molecule has 1 aromatic carbocycles. The quantitative estimate of drug-likeness (QED) is 0.893. The van der Waals surface area contributed by atoms with Gasteiger partial charge in [-0.05, 0) is 43.4 Å². The van der Waals surface area contributed by atoms with Crippen molar-refractivity contribution in [3.05, 3.63) is 29.3 Å². The first-order valence-electron chi connectivity index (χ1n) is 6.75. The van der Waals surface area contributed by atoms with E-state index >= 15 is 0 Å². The van der Waals surface area contributed by atoms with Gasteiger partial charge in [0.15, 0.2) is 0 Å². The summed E-state index contributed by atoms with van der Waals surface area (Å²) in [6.07, 6.45) is 1.99. The molecule has 1 aliphatic heterocycles. The molecule has 0 aromatic heterocycles. The van der Waals surface area contributed by atoms with E-state index in [2.05, 4.69) is 6.07 Å². The summed E-state index contributed by atoms with van der Waals surface area (Å²) in [5.41, 5.74) is 2.46. The highest BCUT2D eigenvalue weighted by molar-refractivity contribution is 5.79. The fourth-order valence-electron chi connectivity index (χ4n) is 2.30. The maximum absolute atomic E-state index is 11.6. The van der Waals surface area contributed by atoms with Gasteiger partial charge in [-0.3, -0.25) is 4.79 Å². The molecule has 1 aliphatic rings. The van der Waals surface area contributed by atoms with Crippen LogP contribution in [0.4, 0.5) is 0 Å². The molecule has 0 saturated carbocycles. The third kappa shape index (κ3) is 3.47. The zero-order valence-electron chi connectivity index (χ0n) is 11.6. The highest BCUT2D eigenvalue weighted by Gasteiger charge is 2.15. The Bertz CT molecular complexity index is 457. The lowest BCUT2D eigenvalue weighted by molar-refractivity contribution is -0.137. The van der Waals surface area contributed by atoms with Crippen molar-refractivity contribution in [2.75, 3.05) is 20.2 Å². The summed E-state index contributed by atoms with van der Waals surface area (Å²) < 4.78 is 5.58. The first-order valence-corrected chi connectivity index (χ1v) is 6.75. The minimum absolute atomic E-state index is 0.235. The molecule has 1 unspecified atom stereocenters. The Kier molecular flexibility index (Phi) is 4.43. The van der Waals surface area contributed by atoms with Crippen molar-refractivity contribution in [1.29, 1.82) is 0 Å². The molecule has 104 valence electrons. The van der Waals surface area contributed by atoms with Gasteiger partial charge >= 0.3 is 0 Å². The molecule has 1 N–H and O–H groups in total. The number of carbonyl (C=O) groups is 1. The second-order valence-electron chi connectivity index (χ2n) is 5.08. The van der Waals surface area contributed by atoms with E-state index in [4.69, 9.17) is 4.74 Å². The second kappa shape index (κ2) is 6.06. The van der Waals surface area contributed by atoms with Crippen LogP contribution in [0.25, 0.3) is 0 Å². The molecule has 0 aliphatic carbocycles. The Hall–Kier alpha value is -1.55. The van der Waals surface area contributed by atoms with Crippen LogP contribution in [-0.4, -0.2) is 42.2 Å². The molecular formula is C15H21NO3. The molecule has 0 spiro atoms. The van der Waals surface area contributed by atoms with E-state index in [-0.39, 0.29) is 5.91 Å². The number of rotatable bonds is 4. The molecule has 1 heterocycles. The Balaban J connectivity index is 1.94. The molecule has 0 saturated heterocycles. The van der Waals surface area contributed by atoms with Crippen molar-refractivity contribution in [3.63, 3.8) is 0 Å². The first-order chi connectivity index (χ1) is 9.08. The summed E-state index contributed by atoms with van der Waals surface area (Å²) in [5, 5.41) is 9.24. The minimum Gasteiger partial charge on any atom is -0.493 e. The largest absolute Gasteiger partial charge is 0.493 e. The van der Waals surface area contributed by atoms with E-state index in [1.54, 1.807) is 11.9 Å². The lowest BCUT2D eigenvalue weighted by Crippen LogP contribution is -2.35. The fourth-order valence-corrected chi connectivity index (χ4v) is 2.30. The number of hydrogen-bond donors (Lipinski definition) is 1. The predicted molar refractivity (Wildman–Crippen MR) is 73.3 cm³/mol. The number of aryl methyl sites for hydroxylation is 1. The number of benzene rings is 1. The van der Waals surface area contributed by atoms with Crippen LogP contribution in [0.15, 0.2) is 18.2 Å². The highest BCUT2D eigenvalue weighted by atomic mass is 16.5. The van der Waals surface area contributed by atoms with Crippen molar-refractivity contribution in [3.8, 4) is 5.75 Å². The summed E-state index contributed by atoms with van der Waals surface area (Å²) in [5.74, 6) is 0.754. The number of hydrogen-bond acceptors (Lipinski definition) is 3. The third-order valence-corrected chi connectivity index (χ3v) is 3.44. The maximum atomic E-state index is 11.6. The molecule has 4 heteroatoms. The topological polar surface area (TPSA) is 49.8 Å². The standard InChI is InChI=1S/C15H21NO3/c1-11(17)15(18)16(2)8-7-12-5-6-14-13(10-12)4-3-9-19-14/h5-6,10-11,17H,3-4,7-9H2,1-2H3. The van der Waals surface area contributed by atoms with Gasteiger partial charge in [0.25, 0.3) is 5.91 Å². The lowest BCUT2D eigenvalue weighted by Gasteiger charge is -2.20. The molecule has 1 atom stereocenters. The van der Waals surface area contributed by atoms with Gasteiger partial charge in [-0.1, -0.05) is 12.1 Å². The third-order valence-electron chi connectivity index (χ3n) is 3.44. The number of likely N-dealkylation sites (N-methyl/N-ethyl adjacent to an activating group) is 1. The monoisotopic (exact) mass is 263 g/mol. The van der Waals surface area contributed by atoms with Crippen molar-refractivity contribution < 1.29 is 14.6 Å². The van der Waals surface area contributed by atoms with Gasteiger partial charge in [-0.15, -0.1) is 0 Å². The van der Waals surface area contributed by atoms with Crippen molar-refractivity contribution in [1.82, 2.24) is 4.90 Å². The van der Waals surface area contributed by atoms with Crippen molar-refractivity contribution in [2.24, 2.45) is 0 Å². The predicted octanol–water partition coefficient (Wildman–Crippen LogP) is 1.39. The summed E-state index contributed by atoms with van der Waals surface area (Å²) in [4.78, 5) is 13.1. The lowest BCUT2D eigenvalue weighted by atomic mass is 10.0. The molecule has 2 rings (SSSR count). The normalized spacial score (nSPS) is 15.3. The van der Waals surface area contributed by atoms with Gasteiger partial charge < -0.3 is 14.7 Å². The van der Waals surface area contributed by atoms with E-state index in [1.165, 1.54) is 18.1 Å². The molecule has 1 aromatic rings. The molecular weight excluding hydrogens is 242 g/mol. The van der Waals surface area contributed by atoms with Gasteiger partial charge in [0.2, 0.25) is 0 Å². The number of fused-ring (bicyclic) bond motifs is 1.